The second-order valence-electron chi connectivity index (χ2n) is 3.06. The van der Waals surface area contributed by atoms with Crippen LogP contribution in [0.5, 0.6) is 5.75 Å². The van der Waals surface area contributed by atoms with Crippen LogP contribution >= 0.6 is 15.9 Å². The highest BCUT2D eigenvalue weighted by molar-refractivity contribution is 9.10. The van der Waals surface area contributed by atoms with Crippen molar-refractivity contribution < 1.29 is 14.6 Å². The minimum Gasteiger partial charge on any atom is -0.493 e. The zero-order chi connectivity index (χ0) is 12.0. The zero-order valence-electron chi connectivity index (χ0n) is 8.44. The van der Waals surface area contributed by atoms with Crippen molar-refractivity contribution in [2.24, 2.45) is 0 Å². The number of carboxylic acid groups (broad SMARTS) is 1. The molecule has 0 unspecified atom stereocenters. The Labute approximate surface area is 102 Å². The van der Waals surface area contributed by atoms with Crippen LogP contribution in [0.4, 0.5) is 0 Å². The minimum absolute atomic E-state index is 0.125. The number of unbranched alkanes of at least 4 members (excludes halogenated alkanes) is 1. The first kappa shape index (κ1) is 12.5. The standard InChI is InChI=1S/C11H10BrNO3/c12-8-3-4-9(11(14)15)10(7-8)16-6-2-1-5-13/h3-4,7H,1-2,6H2,(H,14,15). The first-order valence-corrected chi connectivity index (χ1v) is 5.47. The molecule has 4 nitrogen and oxygen atoms in total. The van der Waals surface area contributed by atoms with Gasteiger partial charge in [0, 0.05) is 10.9 Å². The molecule has 1 rings (SSSR count). The molecule has 0 heterocycles. The lowest BCUT2D eigenvalue weighted by atomic mass is 10.2. The van der Waals surface area contributed by atoms with E-state index in [1.165, 1.54) is 6.07 Å². The van der Waals surface area contributed by atoms with E-state index in [4.69, 9.17) is 15.1 Å². The maximum atomic E-state index is 10.9. The van der Waals surface area contributed by atoms with E-state index >= 15 is 0 Å². The normalized spacial score (nSPS) is 9.50. The summed E-state index contributed by atoms with van der Waals surface area (Å²) in [7, 11) is 0. The van der Waals surface area contributed by atoms with E-state index in [2.05, 4.69) is 15.9 Å². The van der Waals surface area contributed by atoms with Crippen molar-refractivity contribution in [3.05, 3.63) is 28.2 Å². The number of nitrogens with zero attached hydrogens (tertiary/aromatic N) is 1. The Kier molecular flexibility index (Phi) is 4.80. The molecular weight excluding hydrogens is 274 g/mol. The number of hydrogen-bond donors (Lipinski definition) is 1. The maximum absolute atomic E-state index is 10.9. The number of halogens is 1. The molecule has 0 aromatic heterocycles. The summed E-state index contributed by atoms with van der Waals surface area (Å²) in [6.45, 7) is 0.338. The van der Waals surface area contributed by atoms with E-state index in [1.807, 2.05) is 6.07 Å². The number of ether oxygens (including phenoxy) is 1. The van der Waals surface area contributed by atoms with Crippen LogP contribution in [0.1, 0.15) is 23.2 Å². The van der Waals surface area contributed by atoms with Crippen LogP contribution in [0, 0.1) is 11.3 Å². The van der Waals surface area contributed by atoms with Crippen LogP contribution in [0.25, 0.3) is 0 Å². The highest BCUT2D eigenvalue weighted by Gasteiger charge is 2.11. The lowest BCUT2D eigenvalue weighted by Gasteiger charge is -2.08. The molecule has 16 heavy (non-hydrogen) atoms. The molecule has 0 aliphatic carbocycles. The van der Waals surface area contributed by atoms with Gasteiger partial charge >= 0.3 is 5.97 Å². The summed E-state index contributed by atoms with van der Waals surface area (Å²) in [5.41, 5.74) is 0.125. The monoisotopic (exact) mass is 283 g/mol. The second kappa shape index (κ2) is 6.13. The van der Waals surface area contributed by atoms with E-state index in [1.54, 1.807) is 12.1 Å². The number of rotatable bonds is 5. The predicted molar refractivity (Wildman–Crippen MR) is 61.4 cm³/mol. The Morgan fingerprint density at radius 1 is 1.56 bits per heavy atom. The Balaban J connectivity index is 2.73. The second-order valence-corrected chi connectivity index (χ2v) is 3.97. The smallest absolute Gasteiger partial charge is 0.339 e. The van der Waals surface area contributed by atoms with Gasteiger partial charge in [0.15, 0.2) is 0 Å². The van der Waals surface area contributed by atoms with Gasteiger partial charge in [0.2, 0.25) is 0 Å². The fourth-order valence-corrected chi connectivity index (χ4v) is 1.47. The molecule has 5 heteroatoms. The van der Waals surface area contributed by atoms with Crippen LogP contribution in [-0.4, -0.2) is 17.7 Å². The molecule has 0 radical (unpaired) electrons. The Bertz CT molecular complexity index is 426. The number of carboxylic acids is 1. The van der Waals surface area contributed by atoms with Crippen LogP contribution in [0.15, 0.2) is 22.7 Å². The van der Waals surface area contributed by atoms with E-state index in [0.29, 0.717) is 25.2 Å². The van der Waals surface area contributed by atoms with Crippen molar-refractivity contribution in [3.63, 3.8) is 0 Å². The van der Waals surface area contributed by atoms with Crippen molar-refractivity contribution in [2.75, 3.05) is 6.61 Å². The third-order valence-electron chi connectivity index (χ3n) is 1.86. The fourth-order valence-electron chi connectivity index (χ4n) is 1.13. The van der Waals surface area contributed by atoms with Gasteiger partial charge in [-0.2, -0.15) is 5.26 Å². The number of carbonyl (C=O) groups is 1. The number of aromatic carboxylic acids is 1. The Morgan fingerprint density at radius 2 is 2.31 bits per heavy atom. The van der Waals surface area contributed by atoms with E-state index in [0.717, 1.165) is 4.47 Å². The van der Waals surface area contributed by atoms with Crippen LogP contribution in [-0.2, 0) is 0 Å². The molecule has 0 spiro atoms. The summed E-state index contributed by atoms with van der Waals surface area (Å²) < 4.78 is 6.08. The van der Waals surface area contributed by atoms with E-state index in [-0.39, 0.29) is 5.56 Å². The highest BCUT2D eigenvalue weighted by atomic mass is 79.9. The van der Waals surface area contributed by atoms with Gasteiger partial charge in [0.25, 0.3) is 0 Å². The zero-order valence-corrected chi connectivity index (χ0v) is 10.0. The van der Waals surface area contributed by atoms with Gasteiger partial charge in [-0.3, -0.25) is 0 Å². The fraction of sp³-hybridized carbons (Fsp3) is 0.273. The number of hydrogen-bond acceptors (Lipinski definition) is 3. The van der Waals surface area contributed by atoms with Crippen molar-refractivity contribution >= 4 is 21.9 Å². The third-order valence-corrected chi connectivity index (χ3v) is 2.36. The molecule has 1 aromatic carbocycles. The van der Waals surface area contributed by atoms with Crippen molar-refractivity contribution in [1.82, 2.24) is 0 Å². The molecule has 0 aliphatic heterocycles. The maximum Gasteiger partial charge on any atom is 0.339 e. The van der Waals surface area contributed by atoms with Crippen LogP contribution in [0.2, 0.25) is 0 Å². The summed E-state index contributed by atoms with van der Waals surface area (Å²) in [4.78, 5) is 10.9. The molecule has 0 fully saturated rings. The van der Waals surface area contributed by atoms with Crippen molar-refractivity contribution in [3.8, 4) is 11.8 Å². The average molecular weight is 284 g/mol. The topological polar surface area (TPSA) is 70.3 Å². The molecule has 1 N–H and O–H groups in total. The molecule has 0 saturated carbocycles. The summed E-state index contributed by atoms with van der Waals surface area (Å²) in [5, 5.41) is 17.3. The average Bonchev–Trinajstić information content (AvgIpc) is 2.24. The lowest BCUT2D eigenvalue weighted by Crippen LogP contribution is -2.04. The van der Waals surface area contributed by atoms with E-state index in [9.17, 15) is 4.79 Å². The van der Waals surface area contributed by atoms with E-state index < -0.39 is 5.97 Å². The third kappa shape index (κ3) is 3.55. The van der Waals surface area contributed by atoms with Gasteiger partial charge in [-0.1, -0.05) is 15.9 Å². The lowest BCUT2D eigenvalue weighted by molar-refractivity contribution is 0.0692. The summed E-state index contributed by atoms with van der Waals surface area (Å²) in [5.74, 6) is -0.706. The molecule has 84 valence electrons. The van der Waals surface area contributed by atoms with Crippen LogP contribution in [0.3, 0.4) is 0 Å². The van der Waals surface area contributed by atoms with Gasteiger partial charge in [0.05, 0.1) is 12.7 Å². The van der Waals surface area contributed by atoms with Gasteiger partial charge in [-0.05, 0) is 24.6 Å². The largest absolute Gasteiger partial charge is 0.493 e. The van der Waals surface area contributed by atoms with Crippen molar-refractivity contribution in [1.29, 1.82) is 5.26 Å². The van der Waals surface area contributed by atoms with Crippen molar-refractivity contribution in [2.45, 2.75) is 12.8 Å². The molecular formula is C11H10BrNO3. The summed E-state index contributed by atoms with van der Waals surface area (Å²) in [6.07, 6.45) is 0.985. The van der Waals surface area contributed by atoms with Gasteiger partial charge < -0.3 is 9.84 Å². The summed E-state index contributed by atoms with van der Waals surface area (Å²) >= 11 is 3.24. The molecule has 0 bridgehead atoms. The Morgan fingerprint density at radius 3 is 2.94 bits per heavy atom. The Hall–Kier alpha value is -1.54. The molecule has 1 aromatic rings. The highest BCUT2D eigenvalue weighted by Crippen LogP contribution is 2.24. The summed E-state index contributed by atoms with van der Waals surface area (Å²) in [6, 6.07) is 6.73. The number of nitriles is 1. The van der Waals surface area contributed by atoms with Crippen LogP contribution < -0.4 is 4.74 Å². The first-order chi connectivity index (χ1) is 7.65. The van der Waals surface area contributed by atoms with Gasteiger partial charge in [-0.25, -0.2) is 4.79 Å². The molecule has 0 atom stereocenters. The molecule has 0 amide bonds. The number of benzene rings is 1. The predicted octanol–water partition coefficient (Wildman–Crippen LogP) is 2.83. The quantitative estimate of drug-likeness (QED) is 0.844. The molecule has 0 aliphatic rings. The van der Waals surface area contributed by atoms with Gasteiger partial charge in [-0.15, -0.1) is 0 Å². The SMILES string of the molecule is N#CCCCOc1cc(Br)ccc1C(=O)O. The van der Waals surface area contributed by atoms with Gasteiger partial charge in [0.1, 0.15) is 11.3 Å². The first-order valence-electron chi connectivity index (χ1n) is 4.67. The molecule has 0 saturated heterocycles. The minimum atomic E-state index is -1.03.